The summed E-state index contributed by atoms with van der Waals surface area (Å²) in [5.74, 6) is -3.10. The largest absolute Gasteiger partial charge is 0.404 e. The van der Waals surface area contributed by atoms with Crippen LogP contribution >= 0.6 is 11.6 Å². The van der Waals surface area contributed by atoms with Gasteiger partial charge in [-0.3, -0.25) is 14.6 Å². The number of methoxy groups -OCH3 is 1. The molecule has 13 heteroatoms. The van der Waals surface area contributed by atoms with Gasteiger partial charge in [-0.25, -0.2) is 13.8 Å². The van der Waals surface area contributed by atoms with E-state index in [0.717, 1.165) is 12.8 Å². The molecule has 1 saturated heterocycles. The predicted molar refractivity (Wildman–Crippen MR) is 163 cm³/mol. The molecule has 0 bridgehead atoms. The number of halogens is 3. The number of hydrogen-bond acceptors (Lipinski definition) is 7. The number of nitrogens with zero attached hydrogens (tertiary/aromatic N) is 4. The maximum atomic E-state index is 15.4. The van der Waals surface area contributed by atoms with Crippen molar-refractivity contribution in [2.45, 2.75) is 25.8 Å². The van der Waals surface area contributed by atoms with Gasteiger partial charge in [0.1, 0.15) is 0 Å². The third-order valence-electron chi connectivity index (χ3n) is 7.32. The highest BCUT2D eigenvalue weighted by atomic mass is 35.5. The lowest BCUT2D eigenvalue weighted by atomic mass is 9.99. The van der Waals surface area contributed by atoms with E-state index in [9.17, 15) is 9.59 Å². The second-order valence-electron chi connectivity index (χ2n) is 10.1. The van der Waals surface area contributed by atoms with Gasteiger partial charge in [-0.05, 0) is 44.0 Å². The molecule has 1 aromatic heterocycles. The number of nitrogens with one attached hydrogen (secondary N) is 1. The Labute approximate surface area is 253 Å². The first-order valence-corrected chi connectivity index (χ1v) is 14.0. The normalized spacial score (nSPS) is 14.7. The van der Waals surface area contributed by atoms with Crippen LogP contribution in [0.3, 0.4) is 0 Å². The number of ether oxygens (including phenoxy) is 1. The van der Waals surface area contributed by atoms with Crippen LogP contribution in [0.4, 0.5) is 14.5 Å². The first-order chi connectivity index (χ1) is 20.6. The summed E-state index contributed by atoms with van der Waals surface area (Å²) in [5.41, 5.74) is 13.0. The molecular weight excluding hydrogens is 580 g/mol. The maximum absolute atomic E-state index is 15.4. The first-order valence-electron chi connectivity index (χ1n) is 13.7. The van der Waals surface area contributed by atoms with Crippen LogP contribution in [0.15, 0.2) is 47.7 Å². The minimum absolute atomic E-state index is 0.0507. The zero-order valence-corrected chi connectivity index (χ0v) is 24.9. The second kappa shape index (κ2) is 13.9. The number of rotatable bonds is 9. The number of amides is 2. The monoisotopic (exact) mass is 613 g/mol. The first kappa shape index (κ1) is 31.8. The molecule has 10 nitrogen and oxygen atoms in total. The third kappa shape index (κ3) is 6.93. The van der Waals surface area contributed by atoms with Crippen molar-refractivity contribution in [3.63, 3.8) is 0 Å². The van der Waals surface area contributed by atoms with E-state index in [1.54, 1.807) is 24.0 Å². The number of aromatic nitrogens is 2. The summed E-state index contributed by atoms with van der Waals surface area (Å²) in [6.45, 7) is 3.46. The number of likely N-dealkylation sites (tertiary alicyclic amines) is 1. The molecule has 2 amide bonds. The summed E-state index contributed by atoms with van der Waals surface area (Å²) in [6, 6.07) is 7.46. The lowest BCUT2D eigenvalue weighted by molar-refractivity contribution is 0.0715. The van der Waals surface area contributed by atoms with Crippen molar-refractivity contribution < 1.29 is 23.1 Å². The number of anilines is 1. The number of piperidine rings is 1. The maximum Gasteiger partial charge on any atom is 0.291 e. The molecule has 2 aromatic carbocycles. The number of aliphatic imine (C=N–C) groups is 1. The molecule has 0 radical (unpaired) electrons. The van der Waals surface area contributed by atoms with Gasteiger partial charge in [0.25, 0.3) is 11.8 Å². The van der Waals surface area contributed by atoms with Crippen LogP contribution in [0.2, 0.25) is 5.02 Å². The molecular formula is C30H34ClF2N7O3. The highest BCUT2D eigenvalue weighted by Crippen LogP contribution is 2.30. The van der Waals surface area contributed by atoms with Crippen LogP contribution in [0.1, 0.15) is 46.3 Å². The topological polar surface area (TPSA) is 141 Å². The van der Waals surface area contributed by atoms with Gasteiger partial charge in [0.2, 0.25) is 0 Å². The average Bonchev–Trinajstić information content (AvgIpc) is 3.37. The number of benzene rings is 2. The molecule has 0 unspecified atom stereocenters. The Balaban J connectivity index is 1.52. The fraction of sp³-hybridized carbons (Fsp3) is 0.333. The van der Waals surface area contributed by atoms with E-state index in [-0.39, 0.29) is 45.2 Å². The fourth-order valence-electron chi connectivity index (χ4n) is 4.85. The van der Waals surface area contributed by atoms with Gasteiger partial charge in [0.15, 0.2) is 17.5 Å². The Bertz CT molecular complexity index is 1580. The molecule has 1 fully saturated rings. The highest BCUT2D eigenvalue weighted by molar-refractivity contribution is 6.34. The summed E-state index contributed by atoms with van der Waals surface area (Å²) in [7, 11) is 3.05. The molecule has 1 aliphatic rings. The molecule has 5 N–H and O–H groups in total. The van der Waals surface area contributed by atoms with Crippen molar-refractivity contribution >= 4 is 40.4 Å². The van der Waals surface area contributed by atoms with Crippen LogP contribution in [-0.4, -0.2) is 71.4 Å². The van der Waals surface area contributed by atoms with E-state index in [2.05, 4.69) is 15.3 Å². The Hall–Kier alpha value is -4.13. The van der Waals surface area contributed by atoms with Crippen LogP contribution in [0.25, 0.3) is 16.8 Å². The number of carbonyl (C=O) groups excluding carboxylic acids is 2. The molecule has 3 aromatic rings. The molecule has 0 aliphatic carbocycles. The Morgan fingerprint density at radius 1 is 1.19 bits per heavy atom. The van der Waals surface area contributed by atoms with E-state index in [1.807, 2.05) is 0 Å². The SMILES string of the molecule is COCCN=C(C)/C(=C\N)c1ccc(-c2cnc(C(=O)Nc3ccc(C(=O)N4CCC(N)CC4)c(Cl)c3)n2C)c(F)c1F. The standard InChI is InChI=1S/C30H34ClF2N7O3/c1-17(36-10-13-43-3)23(15-34)20-6-7-22(27(33)26(20)32)25-16-37-28(39(25)2)29(41)38-19-4-5-21(24(31)14-19)30(42)40-11-8-18(35)9-12-40/h4-7,14-16,18H,8-13,34-35H2,1-3H3,(H,38,41)/b23-15+,36-17?. The second-order valence-corrected chi connectivity index (χ2v) is 10.5. The van der Waals surface area contributed by atoms with Gasteiger partial charge in [-0.2, -0.15) is 0 Å². The summed E-state index contributed by atoms with van der Waals surface area (Å²) < 4.78 is 37.0. The highest BCUT2D eigenvalue weighted by Gasteiger charge is 2.25. The van der Waals surface area contributed by atoms with E-state index < -0.39 is 17.5 Å². The van der Waals surface area contributed by atoms with Gasteiger partial charge in [0, 0.05) is 67.6 Å². The summed E-state index contributed by atoms with van der Waals surface area (Å²) >= 11 is 6.40. The van der Waals surface area contributed by atoms with Gasteiger partial charge in [-0.1, -0.05) is 17.7 Å². The Morgan fingerprint density at radius 3 is 2.53 bits per heavy atom. The average molecular weight is 614 g/mol. The molecule has 0 spiro atoms. The van der Waals surface area contributed by atoms with Crippen molar-refractivity contribution in [2.75, 3.05) is 38.7 Å². The van der Waals surface area contributed by atoms with Crippen molar-refractivity contribution in [3.8, 4) is 11.3 Å². The van der Waals surface area contributed by atoms with Gasteiger partial charge in [0.05, 0.1) is 35.6 Å². The van der Waals surface area contributed by atoms with E-state index in [4.69, 9.17) is 27.8 Å². The third-order valence-corrected chi connectivity index (χ3v) is 7.64. The summed E-state index contributed by atoms with van der Waals surface area (Å²) in [4.78, 5) is 36.1. The minimum atomic E-state index is -1.13. The number of imidazole rings is 1. The molecule has 228 valence electrons. The van der Waals surface area contributed by atoms with E-state index in [1.165, 1.54) is 49.3 Å². The van der Waals surface area contributed by atoms with Crippen LogP contribution in [0, 0.1) is 11.6 Å². The minimum Gasteiger partial charge on any atom is -0.404 e. The van der Waals surface area contributed by atoms with Gasteiger partial charge >= 0.3 is 0 Å². The van der Waals surface area contributed by atoms with Gasteiger partial charge in [-0.15, -0.1) is 0 Å². The molecule has 0 atom stereocenters. The van der Waals surface area contributed by atoms with Gasteiger partial charge < -0.3 is 31.0 Å². The predicted octanol–water partition coefficient (Wildman–Crippen LogP) is 4.24. The quantitative estimate of drug-likeness (QED) is 0.244. The van der Waals surface area contributed by atoms with Crippen LogP contribution < -0.4 is 16.8 Å². The number of nitrogens with two attached hydrogens (primary N) is 2. The molecule has 2 heterocycles. The van der Waals surface area contributed by atoms with Crippen LogP contribution in [-0.2, 0) is 11.8 Å². The van der Waals surface area contributed by atoms with E-state index in [0.29, 0.717) is 43.2 Å². The lowest BCUT2D eigenvalue weighted by Crippen LogP contribution is -2.42. The molecule has 43 heavy (non-hydrogen) atoms. The molecule has 0 saturated carbocycles. The fourth-order valence-corrected chi connectivity index (χ4v) is 5.11. The Kier molecular flexibility index (Phi) is 10.3. The van der Waals surface area contributed by atoms with Crippen molar-refractivity contribution in [2.24, 2.45) is 23.5 Å². The smallest absolute Gasteiger partial charge is 0.291 e. The molecule has 4 rings (SSSR count). The zero-order valence-electron chi connectivity index (χ0n) is 24.2. The van der Waals surface area contributed by atoms with Crippen molar-refractivity contribution in [1.29, 1.82) is 0 Å². The van der Waals surface area contributed by atoms with E-state index >= 15 is 8.78 Å². The van der Waals surface area contributed by atoms with Crippen molar-refractivity contribution in [3.05, 3.63) is 76.3 Å². The van der Waals surface area contributed by atoms with Crippen molar-refractivity contribution in [1.82, 2.24) is 14.5 Å². The number of carbonyl (C=O) groups is 2. The lowest BCUT2D eigenvalue weighted by Gasteiger charge is -2.30. The summed E-state index contributed by atoms with van der Waals surface area (Å²) in [6.07, 6.45) is 3.90. The molecule has 1 aliphatic heterocycles. The van der Waals surface area contributed by atoms with Crippen LogP contribution in [0.5, 0.6) is 0 Å². The Morgan fingerprint density at radius 2 is 1.88 bits per heavy atom. The zero-order chi connectivity index (χ0) is 31.3. The summed E-state index contributed by atoms with van der Waals surface area (Å²) in [5, 5.41) is 2.87. The number of hydrogen-bond donors (Lipinski definition) is 3. The number of allylic oxidation sites excluding steroid dienone is 1.